The maximum absolute atomic E-state index is 11.8. The minimum atomic E-state index is -0.707. The summed E-state index contributed by atoms with van der Waals surface area (Å²) in [5, 5.41) is 7.14. The van der Waals surface area contributed by atoms with Crippen molar-refractivity contribution in [3.05, 3.63) is 29.8 Å². The van der Waals surface area contributed by atoms with Crippen molar-refractivity contribution in [1.29, 1.82) is 0 Å². The maximum atomic E-state index is 11.8. The van der Waals surface area contributed by atoms with Crippen LogP contribution in [0, 0.1) is 0 Å². The summed E-state index contributed by atoms with van der Waals surface area (Å²) >= 11 is 0. The van der Waals surface area contributed by atoms with E-state index >= 15 is 0 Å². The third-order valence-corrected chi connectivity index (χ3v) is 2.96. The molecule has 7 nitrogen and oxygen atoms in total. The van der Waals surface area contributed by atoms with Gasteiger partial charge in [0.25, 0.3) is 5.91 Å². The van der Waals surface area contributed by atoms with Gasteiger partial charge in [-0.25, -0.2) is 4.79 Å². The van der Waals surface area contributed by atoms with Gasteiger partial charge in [0.05, 0.1) is 13.0 Å². The zero-order valence-electron chi connectivity index (χ0n) is 11.6. The minimum Gasteiger partial charge on any atom is -0.494 e. The number of rotatable bonds is 6. The van der Waals surface area contributed by atoms with E-state index in [1.54, 1.807) is 12.1 Å². The third kappa shape index (κ3) is 4.20. The lowest BCUT2D eigenvalue weighted by Crippen LogP contribution is -2.42. The van der Waals surface area contributed by atoms with Crippen molar-refractivity contribution in [3.8, 4) is 5.75 Å². The molecule has 4 amide bonds. The quantitative estimate of drug-likeness (QED) is 0.640. The molecule has 3 N–H and O–H groups in total. The predicted molar refractivity (Wildman–Crippen MR) is 74.8 cm³/mol. The van der Waals surface area contributed by atoms with Crippen LogP contribution in [-0.4, -0.2) is 37.0 Å². The van der Waals surface area contributed by atoms with E-state index in [4.69, 9.17) is 4.74 Å². The zero-order valence-corrected chi connectivity index (χ0v) is 11.6. The van der Waals surface area contributed by atoms with E-state index in [1.165, 1.54) is 0 Å². The molecule has 1 aliphatic heterocycles. The van der Waals surface area contributed by atoms with E-state index < -0.39 is 18.0 Å². The van der Waals surface area contributed by atoms with E-state index in [-0.39, 0.29) is 18.9 Å². The van der Waals surface area contributed by atoms with Gasteiger partial charge < -0.3 is 15.4 Å². The molecule has 1 heterocycles. The Morgan fingerprint density at radius 2 is 2.00 bits per heavy atom. The largest absolute Gasteiger partial charge is 0.494 e. The molecule has 1 atom stereocenters. The van der Waals surface area contributed by atoms with Gasteiger partial charge in [-0.05, 0) is 24.6 Å². The number of ether oxygens (including phenoxy) is 1. The Kier molecular flexibility index (Phi) is 4.76. The first kappa shape index (κ1) is 14.8. The topological polar surface area (TPSA) is 96.5 Å². The van der Waals surface area contributed by atoms with Crippen LogP contribution in [0.4, 0.5) is 4.79 Å². The Bertz CT molecular complexity index is 542. The molecular weight excluding hydrogens is 274 g/mol. The summed E-state index contributed by atoms with van der Waals surface area (Å²) in [4.78, 5) is 34.0. The van der Waals surface area contributed by atoms with Crippen molar-refractivity contribution in [2.75, 3.05) is 13.2 Å². The SMILES string of the molecule is CCOc1ccc(CC(=O)NCC2NC(=O)NC2=O)cc1. The second-order valence-electron chi connectivity index (χ2n) is 4.57. The molecule has 1 aromatic rings. The first-order valence-electron chi connectivity index (χ1n) is 6.68. The molecule has 7 heteroatoms. The van der Waals surface area contributed by atoms with E-state index in [2.05, 4.69) is 16.0 Å². The van der Waals surface area contributed by atoms with Crippen molar-refractivity contribution in [1.82, 2.24) is 16.0 Å². The molecule has 1 unspecified atom stereocenters. The lowest BCUT2D eigenvalue weighted by Gasteiger charge is -2.09. The fourth-order valence-corrected chi connectivity index (χ4v) is 1.94. The maximum Gasteiger partial charge on any atom is 0.322 e. The van der Waals surface area contributed by atoms with Gasteiger partial charge >= 0.3 is 6.03 Å². The second-order valence-corrected chi connectivity index (χ2v) is 4.57. The standard InChI is InChI=1S/C14H17N3O4/c1-2-21-10-5-3-9(4-6-10)7-12(18)15-8-11-13(19)17-14(20)16-11/h3-6,11H,2,7-8H2,1H3,(H,15,18)(H2,16,17,19,20). The average molecular weight is 291 g/mol. The van der Waals surface area contributed by atoms with Crippen LogP contribution in [0.2, 0.25) is 0 Å². The van der Waals surface area contributed by atoms with Crippen molar-refractivity contribution in [2.24, 2.45) is 0 Å². The highest BCUT2D eigenvalue weighted by molar-refractivity contribution is 6.04. The highest BCUT2D eigenvalue weighted by Crippen LogP contribution is 2.12. The summed E-state index contributed by atoms with van der Waals surface area (Å²) in [6, 6.07) is 5.99. The summed E-state index contributed by atoms with van der Waals surface area (Å²) in [5.41, 5.74) is 0.843. The molecule has 0 aromatic heterocycles. The lowest BCUT2D eigenvalue weighted by molar-refractivity contribution is -0.121. The molecular formula is C14H17N3O4. The molecule has 21 heavy (non-hydrogen) atoms. The van der Waals surface area contributed by atoms with Crippen LogP contribution in [0.15, 0.2) is 24.3 Å². The van der Waals surface area contributed by atoms with Gasteiger partial charge in [-0.1, -0.05) is 12.1 Å². The summed E-state index contributed by atoms with van der Waals surface area (Å²) < 4.78 is 5.32. The molecule has 2 rings (SSSR count). The van der Waals surface area contributed by atoms with Crippen molar-refractivity contribution < 1.29 is 19.1 Å². The molecule has 0 aliphatic carbocycles. The summed E-state index contributed by atoms with van der Waals surface area (Å²) in [6.45, 7) is 2.57. The van der Waals surface area contributed by atoms with Crippen LogP contribution < -0.4 is 20.7 Å². The molecule has 112 valence electrons. The van der Waals surface area contributed by atoms with Crippen molar-refractivity contribution >= 4 is 17.8 Å². The Morgan fingerprint density at radius 3 is 2.57 bits per heavy atom. The van der Waals surface area contributed by atoms with Crippen LogP contribution in [0.1, 0.15) is 12.5 Å². The van der Waals surface area contributed by atoms with E-state index in [0.717, 1.165) is 11.3 Å². The average Bonchev–Trinajstić information content (AvgIpc) is 2.77. The van der Waals surface area contributed by atoms with Gasteiger partial charge in [0, 0.05) is 6.54 Å². The first-order valence-corrected chi connectivity index (χ1v) is 6.68. The highest BCUT2D eigenvalue weighted by Gasteiger charge is 2.29. The number of carbonyl (C=O) groups is 3. The normalized spacial score (nSPS) is 17.1. The number of nitrogens with one attached hydrogen (secondary N) is 3. The third-order valence-electron chi connectivity index (χ3n) is 2.96. The minimum absolute atomic E-state index is 0.0768. The van der Waals surface area contributed by atoms with Gasteiger partial charge in [0.1, 0.15) is 11.8 Å². The fourth-order valence-electron chi connectivity index (χ4n) is 1.94. The Balaban J connectivity index is 1.79. The first-order chi connectivity index (χ1) is 10.1. The predicted octanol–water partition coefficient (Wildman–Crippen LogP) is -0.0480. The van der Waals surface area contributed by atoms with Crippen LogP contribution in [-0.2, 0) is 16.0 Å². The van der Waals surface area contributed by atoms with Crippen molar-refractivity contribution in [2.45, 2.75) is 19.4 Å². The molecule has 0 saturated carbocycles. The van der Waals surface area contributed by atoms with E-state index in [1.807, 2.05) is 19.1 Å². The molecule has 1 aliphatic rings. The summed E-state index contributed by atoms with van der Waals surface area (Å²) in [5.74, 6) is 0.112. The van der Waals surface area contributed by atoms with Crippen LogP contribution in [0.3, 0.4) is 0 Å². The van der Waals surface area contributed by atoms with E-state index in [0.29, 0.717) is 6.61 Å². The van der Waals surface area contributed by atoms with Gasteiger partial charge in [-0.15, -0.1) is 0 Å². The Hall–Kier alpha value is -2.57. The number of hydrogen-bond acceptors (Lipinski definition) is 4. The Labute approximate surface area is 122 Å². The monoisotopic (exact) mass is 291 g/mol. The lowest BCUT2D eigenvalue weighted by atomic mass is 10.1. The molecule has 0 bridgehead atoms. The number of amides is 4. The number of imide groups is 1. The van der Waals surface area contributed by atoms with Gasteiger partial charge in [0.2, 0.25) is 5.91 Å². The van der Waals surface area contributed by atoms with Crippen molar-refractivity contribution in [3.63, 3.8) is 0 Å². The van der Waals surface area contributed by atoms with Crippen LogP contribution >= 0.6 is 0 Å². The molecule has 1 saturated heterocycles. The molecule has 0 spiro atoms. The summed E-state index contributed by atoms with van der Waals surface area (Å²) in [6.07, 6.45) is 0.203. The van der Waals surface area contributed by atoms with E-state index in [9.17, 15) is 14.4 Å². The second kappa shape index (κ2) is 6.74. The number of benzene rings is 1. The smallest absolute Gasteiger partial charge is 0.322 e. The molecule has 1 aromatic carbocycles. The van der Waals surface area contributed by atoms with Crippen LogP contribution in [0.5, 0.6) is 5.75 Å². The highest BCUT2D eigenvalue weighted by atomic mass is 16.5. The van der Waals surface area contributed by atoms with Crippen LogP contribution in [0.25, 0.3) is 0 Å². The fraction of sp³-hybridized carbons (Fsp3) is 0.357. The van der Waals surface area contributed by atoms with Gasteiger partial charge in [-0.2, -0.15) is 0 Å². The summed E-state index contributed by atoms with van der Waals surface area (Å²) in [7, 11) is 0. The van der Waals surface area contributed by atoms with Gasteiger partial charge in [0.15, 0.2) is 0 Å². The number of hydrogen-bond donors (Lipinski definition) is 3. The number of urea groups is 1. The Morgan fingerprint density at radius 1 is 1.29 bits per heavy atom. The van der Waals surface area contributed by atoms with Gasteiger partial charge in [-0.3, -0.25) is 14.9 Å². The number of carbonyl (C=O) groups excluding carboxylic acids is 3. The molecule has 0 radical (unpaired) electrons. The zero-order chi connectivity index (χ0) is 15.2. The molecule has 1 fully saturated rings.